The second kappa shape index (κ2) is 6.62. The molecule has 3 rings (SSSR count). The smallest absolute Gasteiger partial charge is 0.180 e. The number of rotatable bonds is 5. The van der Waals surface area contributed by atoms with Crippen LogP contribution in [0.1, 0.15) is 48.8 Å². The second-order valence-electron chi connectivity index (χ2n) is 5.47. The lowest BCUT2D eigenvalue weighted by Gasteiger charge is -2.12. The van der Waals surface area contributed by atoms with Crippen molar-refractivity contribution in [3.63, 3.8) is 0 Å². The van der Waals surface area contributed by atoms with Crippen LogP contribution in [0.25, 0.3) is 5.69 Å². The highest BCUT2D eigenvalue weighted by atomic mass is 32.2. The molecule has 2 aromatic heterocycles. The molecule has 6 heteroatoms. The third-order valence-corrected chi connectivity index (χ3v) is 5.19. The molecule has 0 bridgehead atoms. The minimum Gasteiger partial charge on any atom is -0.390 e. The van der Waals surface area contributed by atoms with E-state index < -0.39 is 0 Å². The lowest BCUT2D eigenvalue weighted by atomic mass is 10.2. The van der Waals surface area contributed by atoms with E-state index >= 15 is 0 Å². The molecule has 5 nitrogen and oxygen atoms in total. The Balaban J connectivity index is 2.08. The van der Waals surface area contributed by atoms with E-state index in [1.54, 1.807) is 24.2 Å². The molecular formula is C16H19N3O2S. The zero-order chi connectivity index (χ0) is 15.5. The van der Waals surface area contributed by atoms with Gasteiger partial charge in [0, 0.05) is 18.4 Å². The van der Waals surface area contributed by atoms with Crippen molar-refractivity contribution in [1.82, 2.24) is 14.5 Å². The van der Waals surface area contributed by atoms with E-state index in [2.05, 4.69) is 9.97 Å². The van der Waals surface area contributed by atoms with Gasteiger partial charge < -0.3 is 5.11 Å². The molecule has 0 spiro atoms. The largest absolute Gasteiger partial charge is 0.390 e. The molecule has 0 radical (unpaired) electrons. The molecule has 2 aromatic rings. The number of Topliss-reactive ketones (excluding diaryl/α,β-unsaturated/α-hetero) is 1. The molecule has 1 aliphatic rings. The van der Waals surface area contributed by atoms with Gasteiger partial charge in [0.1, 0.15) is 5.69 Å². The van der Waals surface area contributed by atoms with Crippen LogP contribution >= 0.6 is 11.8 Å². The molecule has 1 aliphatic carbocycles. The van der Waals surface area contributed by atoms with E-state index in [-0.39, 0.29) is 12.4 Å². The van der Waals surface area contributed by atoms with Crippen molar-refractivity contribution in [1.29, 1.82) is 0 Å². The number of aliphatic hydroxyl groups is 1. The van der Waals surface area contributed by atoms with Crippen LogP contribution in [0.3, 0.4) is 0 Å². The van der Waals surface area contributed by atoms with E-state index in [0.717, 1.165) is 10.8 Å². The summed E-state index contributed by atoms with van der Waals surface area (Å²) in [6.07, 6.45) is 8.27. The fourth-order valence-corrected chi connectivity index (χ4v) is 4.18. The summed E-state index contributed by atoms with van der Waals surface area (Å²) in [5.41, 5.74) is 1.72. The van der Waals surface area contributed by atoms with Gasteiger partial charge in [-0.3, -0.25) is 14.3 Å². The summed E-state index contributed by atoms with van der Waals surface area (Å²) >= 11 is 1.70. The number of ketones is 1. The summed E-state index contributed by atoms with van der Waals surface area (Å²) in [5, 5.41) is 11.0. The minimum atomic E-state index is -0.220. The highest BCUT2D eigenvalue weighted by Crippen LogP contribution is 2.36. The van der Waals surface area contributed by atoms with Crippen molar-refractivity contribution >= 4 is 17.5 Å². The van der Waals surface area contributed by atoms with E-state index in [4.69, 9.17) is 0 Å². The Kier molecular flexibility index (Phi) is 4.59. The third-order valence-electron chi connectivity index (χ3n) is 3.90. The standard InChI is InChI=1S/C16H19N3O2S/c1-11(21)15-14(10-20)19(12-5-4-8-17-9-12)16(18-15)22-13-6-2-3-7-13/h4-5,8-9,13,20H,2-3,6-7,10H2,1H3. The molecule has 2 heterocycles. The van der Waals surface area contributed by atoms with Gasteiger partial charge in [0.2, 0.25) is 0 Å². The predicted octanol–water partition coefficient (Wildman–Crippen LogP) is 3.00. The van der Waals surface area contributed by atoms with Crippen molar-refractivity contribution < 1.29 is 9.90 Å². The topological polar surface area (TPSA) is 68.0 Å². The molecule has 0 aromatic carbocycles. The zero-order valence-corrected chi connectivity index (χ0v) is 13.3. The van der Waals surface area contributed by atoms with Crippen molar-refractivity contribution in [3.8, 4) is 5.69 Å². The first-order chi connectivity index (χ1) is 10.7. The van der Waals surface area contributed by atoms with Crippen molar-refractivity contribution in [2.45, 2.75) is 49.6 Å². The number of thioether (sulfide) groups is 1. The van der Waals surface area contributed by atoms with Crippen LogP contribution in [0.5, 0.6) is 0 Å². The summed E-state index contributed by atoms with van der Waals surface area (Å²) in [4.78, 5) is 20.5. The number of imidazole rings is 1. The Morgan fingerprint density at radius 2 is 2.23 bits per heavy atom. The maximum atomic E-state index is 11.8. The molecule has 0 saturated heterocycles. The monoisotopic (exact) mass is 317 g/mol. The number of pyridine rings is 1. The minimum absolute atomic E-state index is 0.125. The van der Waals surface area contributed by atoms with Gasteiger partial charge >= 0.3 is 0 Å². The number of hydrogen-bond donors (Lipinski definition) is 1. The summed E-state index contributed by atoms with van der Waals surface area (Å²) < 4.78 is 1.87. The predicted molar refractivity (Wildman–Crippen MR) is 85.4 cm³/mol. The normalized spacial score (nSPS) is 15.4. The first-order valence-corrected chi connectivity index (χ1v) is 8.39. The fraction of sp³-hybridized carbons (Fsp3) is 0.438. The molecule has 22 heavy (non-hydrogen) atoms. The van der Waals surface area contributed by atoms with Crippen LogP contribution in [0.15, 0.2) is 29.7 Å². The Hall–Kier alpha value is -1.66. The second-order valence-corrected chi connectivity index (χ2v) is 6.74. The van der Waals surface area contributed by atoms with Crippen LogP contribution in [0.4, 0.5) is 0 Å². The van der Waals surface area contributed by atoms with E-state index in [1.165, 1.54) is 32.6 Å². The van der Waals surface area contributed by atoms with Gasteiger partial charge in [0.25, 0.3) is 0 Å². The maximum absolute atomic E-state index is 11.8. The van der Waals surface area contributed by atoms with Crippen LogP contribution in [-0.2, 0) is 6.61 Å². The number of carbonyl (C=O) groups excluding carboxylic acids is 1. The van der Waals surface area contributed by atoms with Gasteiger partial charge in [-0.25, -0.2) is 4.98 Å². The average Bonchev–Trinajstić information content (AvgIpc) is 3.15. The Morgan fingerprint density at radius 3 is 2.82 bits per heavy atom. The molecule has 1 N–H and O–H groups in total. The highest BCUT2D eigenvalue weighted by molar-refractivity contribution is 7.99. The number of aliphatic hydroxyl groups excluding tert-OH is 1. The summed E-state index contributed by atoms with van der Waals surface area (Å²) in [6.45, 7) is 1.27. The molecule has 0 amide bonds. The maximum Gasteiger partial charge on any atom is 0.180 e. The number of aromatic nitrogens is 3. The average molecular weight is 317 g/mol. The van der Waals surface area contributed by atoms with Gasteiger partial charge in [-0.2, -0.15) is 0 Å². The lowest BCUT2D eigenvalue weighted by molar-refractivity contribution is 0.101. The van der Waals surface area contributed by atoms with Crippen LogP contribution in [-0.4, -0.2) is 30.7 Å². The van der Waals surface area contributed by atoms with Gasteiger partial charge in [0.15, 0.2) is 10.9 Å². The van der Waals surface area contributed by atoms with Gasteiger partial charge in [0.05, 0.1) is 24.2 Å². The Bertz CT molecular complexity index is 664. The zero-order valence-electron chi connectivity index (χ0n) is 12.5. The van der Waals surface area contributed by atoms with Crippen molar-refractivity contribution in [3.05, 3.63) is 35.9 Å². The quantitative estimate of drug-likeness (QED) is 0.859. The first kappa shape index (κ1) is 15.2. The van der Waals surface area contributed by atoms with E-state index in [0.29, 0.717) is 16.6 Å². The van der Waals surface area contributed by atoms with Crippen LogP contribution in [0.2, 0.25) is 0 Å². The molecule has 0 atom stereocenters. The fourth-order valence-electron chi connectivity index (χ4n) is 2.85. The van der Waals surface area contributed by atoms with E-state index in [9.17, 15) is 9.90 Å². The van der Waals surface area contributed by atoms with Crippen LogP contribution in [0, 0.1) is 0 Å². The summed E-state index contributed by atoms with van der Waals surface area (Å²) in [5.74, 6) is -0.125. The summed E-state index contributed by atoms with van der Waals surface area (Å²) in [7, 11) is 0. The van der Waals surface area contributed by atoms with Gasteiger partial charge in [-0.1, -0.05) is 24.6 Å². The molecular weight excluding hydrogens is 298 g/mol. The molecule has 0 unspecified atom stereocenters. The third kappa shape index (κ3) is 2.94. The van der Waals surface area contributed by atoms with Gasteiger partial charge in [-0.05, 0) is 25.0 Å². The molecule has 1 saturated carbocycles. The van der Waals surface area contributed by atoms with Gasteiger partial charge in [-0.15, -0.1) is 0 Å². The highest BCUT2D eigenvalue weighted by Gasteiger charge is 2.25. The molecule has 0 aliphatic heterocycles. The molecule has 1 fully saturated rings. The lowest BCUT2D eigenvalue weighted by Crippen LogP contribution is -2.06. The SMILES string of the molecule is CC(=O)c1nc(SC2CCCC2)n(-c2cccnc2)c1CO. The van der Waals surface area contributed by atoms with Crippen molar-refractivity contribution in [2.75, 3.05) is 0 Å². The van der Waals surface area contributed by atoms with E-state index in [1.807, 2.05) is 16.7 Å². The summed E-state index contributed by atoms with van der Waals surface area (Å²) in [6, 6.07) is 3.75. The van der Waals surface area contributed by atoms with Crippen LogP contribution < -0.4 is 0 Å². The number of carbonyl (C=O) groups is 1. The number of nitrogens with zero attached hydrogens (tertiary/aromatic N) is 3. The first-order valence-electron chi connectivity index (χ1n) is 7.51. The van der Waals surface area contributed by atoms with Crippen molar-refractivity contribution in [2.24, 2.45) is 0 Å². The Labute approximate surface area is 133 Å². The number of hydrogen-bond acceptors (Lipinski definition) is 5. The Morgan fingerprint density at radius 1 is 1.45 bits per heavy atom. The molecule has 116 valence electrons.